The normalized spacial score (nSPS) is 15.4. The van der Waals surface area contributed by atoms with E-state index in [2.05, 4.69) is 52.8 Å². The number of nitrogens with one attached hydrogen (secondary N) is 10. The summed E-state index contributed by atoms with van der Waals surface area (Å²) in [5, 5.41) is 72.8. The zero-order valence-electron chi connectivity index (χ0n) is 51.3. The number of carboxylic acids is 3. The molecule has 9 amide bonds. The van der Waals surface area contributed by atoms with Crippen molar-refractivity contribution < 1.29 is 83.1 Å². The van der Waals surface area contributed by atoms with E-state index in [1.54, 1.807) is 102 Å². The van der Waals surface area contributed by atoms with Crippen LogP contribution < -0.4 is 59.3 Å². The number of nitrogens with two attached hydrogens (primary N) is 2. The van der Waals surface area contributed by atoms with E-state index in [0.717, 1.165) is 6.92 Å². The van der Waals surface area contributed by atoms with Crippen LogP contribution in [0.5, 0.6) is 0 Å². The van der Waals surface area contributed by atoms with Gasteiger partial charge in [-0.15, -0.1) is 0 Å². The van der Waals surface area contributed by atoms with Crippen molar-refractivity contribution >= 4 is 82.0 Å². The molecule has 89 heavy (non-hydrogen) atoms. The average molecular weight is 1250 g/mol. The van der Waals surface area contributed by atoms with E-state index >= 15 is 0 Å². The van der Waals surface area contributed by atoms with Gasteiger partial charge in [0.05, 0.1) is 25.2 Å². The van der Waals surface area contributed by atoms with E-state index in [1.807, 2.05) is 0 Å². The van der Waals surface area contributed by atoms with Crippen molar-refractivity contribution in [2.75, 3.05) is 13.2 Å². The number of unbranched alkanes of at least 4 members (excludes halogenated alkanes) is 1. The van der Waals surface area contributed by atoms with Gasteiger partial charge in [-0.3, -0.25) is 52.7 Å². The lowest BCUT2D eigenvalue weighted by molar-refractivity contribution is -0.143. The van der Waals surface area contributed by atoms with Crippen LogP contribution in [0, 0.1) is 17.8 Å². The summed E-state index contributed by atoms with van der Waals surface area (Å²) in [6.45, 7) is 10.7. The van der Waals surface area contributed by atoms with Gasteiger partial charge in [0, 0.05) is 36.4 Å². The van der Waals surface area contributed by atoms with E-state index in [9.17, 15) is 78.0 Å². The summed E-state index contributed by atoms with van der Waals surface area (Å²) >= 11 is 0. The van der Waals surface area contributed by atoms with Gasteiger partial charge in [0.1, 0.15) is 54.4 Å². The number of amides is 9. The number of carboxylic acid groups (broad SMARTS) is 3. The Morgan fingerprint density at radius 2 is 1.00 bits per heavy atom. The summed E-state index contributed by atoms with van der Waals surface area (Å²) in [5.74, 6) is -14.2. The third-order valence-corrected chi connectivity index (χ3v) is 14.6. The molecule has 29 nitrogen and oxygen atoms in total. The SMILES string of the molecule is CC[C@H](C)[C@H](NC(=O)[C@H](CC(=O)O)NC(=O)[C@H](CO)NC(=O)[C@H](Cc1ccccc1)NC(=O)[C@@H](NC(=O)[C@@H](N)CCC(=O)O)[C@@H](C)O)C(=O)N[C@@H](Cc1c[nH]c2ccccc12)C(=O)N[C@@H](CCCCN)C(=O)N[C@@H](CC(C)C)C(=O)N[C@@H](CC(C)C)C(=O)O. The van der Waals surface area contributed by atoms with Crippen LogP contribution in [0.4, 0.5) is 0 Å². The number of hydrogen-bond donors (Lipinski definition) is 17. The molecule has 3 rings (SSSR count). The predicted octanol–water partition coefficient (Wildman–Crippen LogP) is -1.29. The highest BCUT2D eigenvalue weighted by Gasteiger charge is 2.38. The maximum Gasteiger partial charge on any atom is 0.326 e. The third-order valence-electron chi connectivity index (χ3n) is 14.6. The first kappa shape index (κ1) is 74.7. The molecule has 0 saturated heterocycles. The molecule has 0 bridgehead atoms. The second-order valence-electron chi connectivity index (χ2n) is 23.0. The number of aromatic amines is 1. The third kappa shape index (κ3) is 25.2. The lowest BCUT2D eigenvalue weighted by atomic mass is 9.96. The minimum atomic E-state index is -1.99. The second-order valence-corrected chi connectivity index (χ2v) is 23.0. The van der Waals surface area contributed by atoms with Crippen molar-refractivity contribution in [1.82, 2.24) is 52.8 Å². The minimum Gasteiger partial charge on any atom is -0.481 e. The zero-order chi connectivity index (χ0) is 66.7. The molecule has 3 aromatic rings. The van der Waals surface area contributed by atoms with Gasteiger partial charge in [-0.25, -0.2) is 4.79 Å². The largest absolute Gasteiger partial charge is 0.481 e. The molecule has 0 aliphatic heterocycles. The van der Waals surface area contributed by atoms with Crippen LogP contribution in [0.2, 0.25) is 0 Å². The summed E-state index contributed by atoms with van der Waals surface area (Å²) in [6, 6.07) is -0.354. The maximum atomic E-state index is 14.8. The van der Waals surface area contributed by atoms with Gasteiger partial charge in [-0.2, -0.15) is 0 Å². The van der Waals surface area contributed by atoms with Crippen LogP contribution in [0.25, 0.3) is 10.9 Å². The van der Waals surface area contributed by atoms with Crippen LogP contribution in [0.1, 0.15) is 117 Å². The Kier molecular flexibility index (Phi) is 31.3. The van der Waals surface area contributed by atoms with E-state index in [4.69, 9.17) is 16.6 Å². The van der Waals surface area contributed by atoms with Crippen molar-refractivity contribution in [3.05, 3.63) is 71.9 Å². The van der Waals surface area contributed by atoms with E-state index in [-0.39, 0.29) is 63.3 Å². The first-order valence-corrected chi connectivity index (χ1v) is 29.7. The van der Waals surface area contributed by atoms with E-state index in [0.29, 0.717) is 34.9 Å². The number of fused-ring (bicyclic) bond motifs is 1. The molecular weight excluding hydrogens is 1160 g/mol. The highest BCUT2D eigenvalue weighted by molar-refractivity contribution is 6.00. The Hall–Kier alpha value is -8.54. The second kappa shape index (κ2) is 37.3. The summed E-state index contributed by atoms with van der Waals surface area (Å²) < 4.78 is 0. The van der Waals surface area contributed by atoms with Gasteiger partial charge in [-0.1, -0.05) is 96.5 Å². The number of H-pyrrole nitrogens is 1. The molecular formula is C60H90N12O17. The van der Waals surface area contributed by atoms with Gasteiger partial charge in [-0.05, 0) is 86.9 Å². The molecule has 29 heteroatoms. The Balaban J connectivity index is 1.96. The molecule has 0 saturated carbocycles. The molecule has 0 radical (unpaired) electrons. The predicted molar refractivity (Wildman–Crippen MR) is 324 cm³/mol. The number of hydrogen-bond acceptors (Lipinski definition) is 16. The monoisotopic (exact) mass is 1250 g/mol. The molecule has 0 unspecified atom stereocenters. The Morgan fingerprint density at radius 1 is 0.517 bits per heavy atom. The van der Waals surface area contributed by atoms with Crippen LogP contribution in [-0.2, 0) is 70.4 Å². The van der Waals surface area contributed by atoms with Gasteiger partial charge >= 0.3 is 17.9 Å². The quantitative estimate of drug-likeness (QED) is 0.0295. The summed E-state index contributed by atoms with van der Waals surface area (Å²) in [7, 11) is 0. The molecule has 1 heterocycles. The summed E-state index contributed by atoms with van der Waals surface area (Å²) in [6.07, 6.45) is -1.17. The molecule has 492 valence electrons. The number of para-hydroxylation sites is 1. The Bertz CT molecular complexity index is 2890. The first-order chi connectivity index (χ1) is 42.0. The number of rotatable bonds is 40. The summed E-state index contributed by atoms with van der Waals surface area (Å²) in [5.41, 5.74) is 13.3. The van der Waals surface area contributed by atoms with Crippen LogP contribution >= 0.6 is 0 Å². The molecule has 0 aliphatic carbocycles. The van der Waals surface area contributed by atoms with Crippen LogP contribution in [-0.4, -0.2) is 181 Å². The molecule has 0 aliphatic rings. The number of carbonyl (C=O) groups excluding carboxylic acids is 9. The van der Waals surface area contributed by atoms with Gasteiger partial charge in [0.2, 0.25) is 53.2 Å². The number of aliphatic carboxylic acids is 3. The number of aromatic nitrogens is 1. The van der Waals surface area contributed by atoms with Crippen molar-refractivity contribution in [2.24, 2.45) is 29.2 Å². The highest BCUT2D eigenvalue weighted by Crippen LogP contribution is 2.21. The number of carbonyl (C=O) groups is 12. The Morgan fingerprint density at radius 3 is 1.56 bits per heavy atom. The first-order valence-electron chi connectivity index (χ1n) is 29.7. The van der Waals surface area contributed by atoms with Gasteiger partial charge in [0.25, 0.3) is 0 Å². The fraction of sp³-hybridized carbons (Fsp3) is 0.567. The lowest BCUT2D eigenvalue weighted by Gasteiger charge is -2.30. The van der Waals surface area contributed by atoms with Crippen molar-refractivity contribution in [1.29, 1.82) is 0 Å². The van der Waals surface area contributed by atoms with Crippen molar-refractivity contribution in [3.8, 4) is 0 Å². The molecule has 19 N–H and O–H groups in total. The summed E-state index contributed by atoms with van der Waals surface area (Å²) in [4.78, 5) is 165. The van der Waals surface area contributed by atoms with Crippen molar-refractivity contribution in [2.45, 2.75) is 186 Å². The van der Waals surface area contributed by atoms with Crippen LogP contribution in [0.3, 0.4) is 0 Å². The maximum absolute atomic E-state index is 14.8. The van der Waals surface area contributed by atoms with Gasteiger partial charge in [0.15, 0.2) is 0 Å². The molecule has 0 fully saturated rings. The highest BCUT2D eigenvalue weighted by atomic mass is 16.4. The number of aliphatic hydroxyl groups is 2. The Labute approximate surface area is 516 Å². The lowest BCUT2D eigenvalue weighted by Crippen LogP contribution is -2.62. The van der Waals surface area contributed by atoms with Crippen LogP contribution in [0.15, 0.2) is 60.8 Å². The molecule has 0 spiro atoms. The molecule has 12 atom stereocenters. The zero-order valence-corrected chi connectivity index (χ0v) is 51.3. The smallest absolute Gasteiger partial charge is 0.326 e. The van der Waals surface area contributed by atoms with Crippen molar-refractivity contribution in [3.63, 3.8) is 0 Å². The molecule has 2 aromatic carbocycles. The number of benzene rings is 2. The fourth-order valence-electron chi connectivity index (χ4n) is 9.44. The molecule has 1 aromatic heterocycles. The average Bonchev–Trinajstić information content (AvgIpc) is 2.63. The van der Waals surface area contributed by atoms with Gasteiger partial charge < -0.3 is 89.8 Å². The number of aliphatic hydroxyl groups excluding tert-OH is 2. The minimum absolute atomic E-state index is 0.0126. The topological polar surface area (TPSA) is 482 Å². The fourth-order valence-corrected chi connectivity index (χ4v) is 9.44. The van der Waals surface area contributed by atoms with E-state index < -0.39 is 163 Å². The van der Waals surface area contributed by atoms with E-state index in [1.165, 1.54) is 0 Å². The standard InChI is InChI=1S/C60H90N12O17/c1-8-33(6)49(71-56(84)44(28-48(77)78)66-57(85)46(30-73)70-54(82)42(26-35-16-10-9-11-17-35)67-59(87)50(34(7)74)72-51(79)38(62)21-22-47(75)76)58(86)68-43(27-36-29-63-39-19-13-12-18-37(36)39)55(83)64-40(20-14-15-23-61)52(80)65-41(24-31(2)3)53(81)69-45(60(88)89)25-32(4)5/h9-13,16-19,29,31-34,38,40-46,49-50,63,73-74H,8,14-15,20-28,30,61-62H2,1-7H3,(H,64,83)(H,65,80)(H,66,85)(H,67,87)(H,68,86)(H,69,81)(H,70,82)(H,71,84)(H,72,79)(H,75,76)(H,77,78)(H,88,89)/t33-,34+,38-,40-,41-,42-,43-,44-,45-,46-,49-,50-/m0/s1.